The second-order valence-electron chi connectivity index (χ2n) is 7.65. The summed E-state index contributed by atoms with van der Waals surface area (Å²) in [5.74, 6) is 1.28. The van der Waals surface area contributed by atoms with E-state index in [0.717, 1.165) is 16.9 Å². The number of aromatic nitrogens is 1. The lowest BCUT2D eigenvalue weighted by molar-refractivity contribution is 0.116. The van der Waals surface area contributed by atoms with Gasteiger partial charge in [-0.2, -0.15) is 4.31 Å². The smallest absolute Gasteiger partial charge is 0.244 e. The number of hydrogen-bond donors (Lipinski definition) is 2. The van der Waals surface area contributed by atoms with E-state index in [9.17, 15) is 13.5 Å². The third-order valence-electron chi connectivity index (χ3n) is 5.18. The number of nitrogens with one attached hydrogen (secondary N) is 1. The highest BCUT2D eigenvalue weighted by molar-refractivity contribution is 7.89. The van der Waals surface area contributed by atoms with Crippen LogP contribution in [0.5, 0.6) is 5.75 Å². The number of ether oxygens (including phenoxy) is 1. The predicted molar refractivity (Wildman–Crippen MR) is 116 cm³/mol. The number of para-hydroxylation sites is 1. The summed E-state index contributed by atoms with van der Waals surface area (Å²) in [4.78, 5) is 6.48. The zero-order chi connectivity index (χ0) is 21.7. The SMILES string of the molecule is Cc1cccc(C)c1OCC(O)CNc1ccc(S(=O)(=O)N2CCN(C)CC2)cn1. The Morgan fingerprint density at radius 1 is 1.13 bits per heavy atom. The number of rotatable bonds is 8. The lowest BCUT2D eigenvalue weighted by atomic mass is 10.1. The molecule has 1 aliphatic heterocycles. The zero-order valence-corrected chi connectivity index (χ0v) is 18.5. The van der Waals surface area contributed by atoms with Crippen LogP contribution in [0.1, 0.15) is 11.1 Å². The van der Waals surface area contributed by atoms with Crippen molar-refractivity contribution in [3.05, 3.63) is 47.7 Å². The maximum absolute atomic E-state index is 12.7. The van der Waals surface area contributed by atoms with Gasteiger partial charge in [0, 0.05) is 38.9 Å². The molecule has 0 amide bonds. The lowest BCUT2D eigenvalue weighted by Crippen LogP contribution is -2.47. The quantitative estimate of drug-likeness (QED) is 0.650. The van der Waals surface area contributed by atoms with Crippen LogP contribution in [0.2, 0.25) is 0 Å². The van der Waals surface area contributed by atoms with Gasteiger partial charge in [-0.3, -0.25) is 0 Å². The maximum Gasteiger partial charge on any atom is 0.244 e. The molecule has 1 saturated heterocycles. The largest absolute Gasteiger partial charge is 0.490 e. The van der Waals surface area contributed by atoms with Crippen molar-refractivity contribution in [1.82, 2.24) is 14.2 Å². The summed E-state index contributed by atoms with van der Waals surface area (Å²) in [5, 5.41) is 13.2. The number of piperazine rings is 1. The lowest BCUT2D eigenvalue weighted by Gasteiger charge is -2.31. The molecule has 1 fully saturated rings. The first-order chi connectivity index (χ1) is 14.3. The van der Waals surface area contributed by atoms with E-state index in [1.54, 1.807) is 12.1 Å². The van der Waals surface area contributed by atoms with E-state index < -0.39 is 16.1 Å². The molecule has 2 aromatic rings. The molecular weight excluding hydrogens is 404 g/mol. The van der Waals surface area contributed by atoms with Gasteiger partial charge in [0.1, 0.15) is 29.2 Å². The molecule has 1 aromatic heterocycles. The predicted octanol–water partition coefficient (Wildman–Crippen LogP) is 1.49. The van der Waals surface area contributed by atoms with Gasteiger partial charge in [0.15, 0.2) is 0 Å². The Morgan fingerprint density at radius 3 is 2.40 bits per heavy atom. The van der Waals surface area contributed by atoms with Crippen LogP contribution in [-0.2, 0) is 10.0 Å². The molecule has 1 aromatic carbocycles. The second kappa shape index (κ2) is 9.74. The number of aliphatic hydroxyl groups excluding tert-OH is 1. The fourth-order valence-electron chi connectivity index (χ4n) is 3.30. The van der Waals surface area contributed by atoms with E-state index in [0.29, 0.717) is 32.0 Å². The van der Waals surface area contributed by atoms with Crippen molar-refractivity contribution in [2.45, 2.75) is 24.8 Å². The molecule has 0 aliphatic carbocycles. The summed E-state index contributed by atoms with van der Waals surface area (Å²) < 4.78 is 32.7. The van der Waals surface area contributed by atoms with Crippen molar-refractivity contribution in [3.63, 3.8) is 0 Å². The van der Waals surface area contributed by atoms with Crippen LogP contribution in [-0.4, -0.2) is 80.2 Å². The van der Waals surface area contributed by atoms with Crippen LogP contribution < -0.4 is 10.1 Å². The number of anilines is 1. The maximum atomic E-state index is 12.7. The molecule has 3 rings (SSSR count). The van der Waals surface area contributed by atoms with Gasteiger partial charge in [-0.05, 0) is 44.2 Å². The van der Waals surface area contributed by atoms with E-state index in [4.69, 9.17) is 4.74 Å². The number of sulfonamides is 1. The number of nitrogens with zero attached hydrogens (tertiary/aromatic N) is 3. The van der Waals surface area contributed by atoms with E-state index in [1.807, 2.05) is 39.1 Å². The molecule has 30 heavy (non-hydrogen) atoms. The van der Waals surface area contributed by atoms with Crippen LogP contribution in [0, 0.1) is 13.8 Å². The first kappa shape index (κ1) is 22.5. The summed E-state index contributed by atoms with van der Waals surface area (Å²) in [5.41, 5.74) is 2.04. The summed E-state index contributed by atoms with van der Waals surface area (Å²) in [6.07, 6.45) is 0.620. The Morgan fingerprint density at radius 2 is 1.80 bits per heavy atom. The molecule has 164 valence electrons. The summed E-state index contributed by atoms with van der Waals surface area (Å²) in [6.45, 7) is 6.71. The van der Waals surface area contributed by atoms with Gasteiger partial charge >= 0.3 is 0 Å². The Kier molecular flexibility index (Phi) is 7.30. The van der Waals surface area contributed by atoms with E-state index >= 15 is 0 Å². The molecular formula is C21H30N4O4S. The van der Waals surface area contributed by atoms with Crippen LogP contribution in [0.25, 0.3) is 0 Å². The van der Waals surface area contributed by atoms with E-state index in [-0.39, 0.29) is 18.0 Å². The molecule has 1 atom stereocenters. The minimum absolute atomic E-state index is 0.147. The Bertz CT molecular complexity index is 922. The summed E-state index contributed by atoms with van der Waals surface area (Å²) >= 11 is 0. The van der Waals surface area contributed by atoms with Gasteiger partial charge < -0.3 is 20.1 Å². The standard InChI is InChI=1S/C21H30N4O4S/c1-16-5-4-6-17(2)21(16)29-15-18(26)13-22-20-8-7-19(14-23-20)30(27,28)25-11-9-24(3)10-12-25/h4-8,14,18,26H,9-13,15H2,1-3H3,(H,22,23). The first-order valence-electron chi connectivity index (χ1n) is 10.0. The number of pyridine rings is 1. The molecule has 1 aliphatic rings. The van der Waals surface area contributed by atoms with Crippen LogP contribution in [0.3, 0.4) is 0 Å². The van der Waals surface area contributed by atoms with Crippen LogP contribution in [0.15, 0.2) is 41.4 Å². The summed E-state index contributed by atoms with van der Waals surface area (Å²) in [7, 11) is -1.55. The van der Waals surface area contributed by atoms with E-state index in [2.05, 4.69) is 15.2 Å². The highest BCUT2D eigenvalue weighted by atomic mass is 32.2. The number of likely N-dealkylation sites (N-methyl/N-ethyl adjacent to an activating group) is 1. The highest BCUT2D eigenvalue weighted by Crippen LogP contribution is 2.22. The van der Waals surface area contributed by atoms with Crippen molar-refractivity contribution < 1.29 is 18.3 Å². The average Bonchev–Trinajstić information content (AvgIpc) is 2.72. The monoisotopic (exact) mass is 434 g/mol. The van der Waals surface area contributed by atoms with Gasteiger partial charge in [-0.15, -0.1) is 0 Å². The number of benzene rings is 1. The average molecular weight is 435 g/mol. The molecule has 0 saturated carbocycles. The number of aryl methyl sites for hydroxylation is 2. The Balaban J connectivity index is 1.52. The minimum Gasteiger partial charge on any atom is -0.490 e. The molecule has 2 N–H and O–H groups in total. The van der Waals surface area contributed by atoms with Gasteiger partial charge in [0.05, 0.1) is 0 Å². The Hall–Kier alpha value is -2.20. The van der Waals surface area contributed by atoms with E-state index in [1.165, 1.54) is 10.5 Å². The van der Waals surface area contributed by atoms with Crippen molar-refractivity contribution >= 4 is 15.8 Å². The molecule has 9 heteroatoms. The van der Waals surface area contributed by atoms with Crippen LogP contribution >= 0.6 is 0 Å². The molecule has 8 nitrogen and oxygen atoms in total. The molecule has 0 spiro atoms. The third kappa shape index (κ3) is 5.48. The van der Waals surface area contributed by atoms with Crippen LogP contribution in [0.4, 0.5) is 5.82 Å². The zero-order valence-electron chi connectivity index (χ0n) is 17.7. The topological polar surface area (TPSA) is 95.0 Å². The van der Waals surface area contributed by atoms with Crippen molar-refractivity contribution in [1.29, 1.82) is 0 Å². The molecule has 0 radical (unpaired) electrons. The fourth-order valence-corrected chi connectivity index (χ4v) is 4.67. The van der Waals surface area contributed by atoms with Gasteiger partial charge in [0.2, 0.25) is 10.0 Å². The highest BCUT2D eigenvalue weighted by Gasteiger charge is 2.27. The Labute approximate surface area is 178 Å². The minimum atomic E-state index is -3.53. The normalized spacial score (nSPS) is 16.9. The van der Waals surface area contributed by atoms with Crippen molar-refractivity contribution in [2.75, 3.05) is 51.7 Å². The fraction of sp³-hybridized carbons (Fsp3) is 0.476. The van der Waals surface area contributed by atoms with Crippen molar-refractivity contribution in [3.8, 4) is 5.75 Å². The second-order valence-corrected chi connectivity index (χ2v) is 9.59. The first-order valence-corrected chi connectivity index (χ1v) is 11.5. The third-order valence-corrected chi connectivity index (χ3v) is 7.07. The van der Waals surface area contributed by atoms with Gasteiger partial charge in [-0.25, -0.2) is 13.4 Å². The molecule has 2 heterocycles. The van der Waals surface area contributed by atoms with Gasteiger partial charge in [0.25, 0.3) is 0 Å². The van der Waals surface area contributed by atoms with Crippen molar-refractivity contribution in [2.24, 2.45) is 0 Å². The molecule has 1 unspecified atom stereocenters. The summed E-state index contributed by atoms with van der Waals surface area (Å²) in [6, 6.07) is 9.06. The molecule has 0 bridgehead atoms. The number of hydrogen-bond acceptors (Lipinski definition) is 7. The van der Waals surface area contributed by atoms with Gasteiger partial charge in [-0.1, -0.05) is 18.2 Å². The number of aliphatic hydroxyl groups is 1.